The van der Waals surface area contributed by atoms with Crippen molar-refractivity contribution < 1.29 is 9.53 Å². The molecule has 0 spiro atoms. The van der Waals surface area contributed by atoms with Gasteiger partial charge in [-0.1, -0.05) is 19.1 Å². The first-order valence-corrected chi connectivity index (χ1v) is 8.18. The van der Waals surface area contributed by atoms with Crippen molar-refractivity contribution in [3.63, 3.8) is 0 Å². The van der Waals surface area contributed by atoms with Gasteiger partial charge in [0.15, 0.2) is 0 Å². The second-order valence-electron chi connectivity index (χ2n) is 5.99. The number of nitrogens with zero attached hydrogens (tertiary/aromatic N) is 3. The van der Waals surface area contributed by atoms with E-state index in [4.69, 9.17) is 10.00 Å². The van der Waals surface area contributed by atoms with E-state index < -0.39 is 0 Å². The minimum Gasteiger partial charge on any atom is -0.375 e. The van der Waals surface area contributed by atoms with E-state index in [0.717, 1.165) is 12.1 Å². The number of rotatable bonds is 5. The third kappa shape index (κ3) is 4.54. The number of morpholine rings is 1. The summed E-state index contributed by atoms with van der Waals surface area (Å²) in [5.74, 6) is 0.155. The quantitative estimate of drug-likeness (QED) is 0.836. The van der Waals surface area contributed by atoms with Gasteiger partial charge in [0, 0.05) is 19.1 Å². The third-order valence-electron chi connectivity index (χ3n) is 4.41. The van der Waals surface area contributed by atoms with Crippen molar-refractivity contribution >= 4 is 5.91 Å². The Morgan fingerprint density at radius 1 is 1.48 bits per heavy atom. The molecular formula is C18H25N3O2. The van der Waals surface area contributed by atoms with Crippen LogP contribution in [0.15, 0.2) is 24.3 Å². The number of hydrogen-bond acceptors (Lipinski definition) is 4. The summed E-state index contributed by atoms with van der Waals surface area (Å²) in [6.45, 7) is 9.32. The summed E-state index contributed by atoms with van der Waals surface area (Å²) in [4.78, 5) is 16.6. The van der Waals surface area contributed by atoms with Gasteiger partial charge in [-0.2, -0.15) is 5.26 Å². The predicted molar refractivity (Wildman–Crippen MR) is 88.8 cm³/mol. The van der Waals surface area contributed by atoms with Crippen LogP contribution in [0, 0.1) is 11.3 Å². The van der Waals surface area contributed by atoms with Crippen molar-refractivity contribution in [3.8, 4) is 6.07 Å². The van der Waals surface area contributed by atoms with Gasteiger partial charge in [0.05, 0.1) is 30.9 Å². The lowest BCUT2D eigenvalue weighted by atomic mass is 10.0. The van der Waals surface area contributed by atoms with E-state index in [2.05, 4.69) is 24.8 Å². The molecular weight excluding hydrogens is 290 g/mol. The first kappa shape index (κ1) is 17.5. The van der Waals surface area contributed by atoms with E-state index in [1.807, 2.05) is 36.1 Å². The molecule has 2 atom stereocenters. The molecule has 1 aromatic rings. The van der Waals surface area contributed by atoms with E-state index in [0.29, 0.717) is 31.8 Å². The van der Waals surface area contributed by atoms with E-state index in [9.17, 15) is 4.79 Å². The molecule has 0 radical (unpaired) electrons. The van der Waals surface area contributed by atoms with Gasteiger partial charge in [-0.3, -0.25) is 9.69 Å². The maximum atomic E-state index is 12.5. The SMILES string of the molecule is CCN(CC(=O)N1CCOC(C)C1)C(C)c1ccc(C#N)cc1. The minimum atomic E-state index is 0.110. The molecule has 124 valence electrons. The summed E-state index contributed by atoms with van der Waals surface area (Å²) in [6, 6.07) is 9.84. The molecule has 0 bridgehead atoms. The smallest absolute Gasteiger partial charge is 0.236 e. The van der Waals surface area contributed by atoms with Crippen molar-refractivity contribution in [2.75, 3.05) is 32.8 Å². The molecule has 1 fully saturated rings. The molecule has 1 amide bonds. The Hall–Kier alpha value is -1.90. The predicted octanol–water partition coefficient (Wildman–Crippen LogP) is 2.19. The van der Waals surface area contributed by atoms with Gasteiger partial charge < -0.3 is 9.64 Å². The number of carbonyl (C=O) groups excluding carboxylic acids is 1. The topological polar surface area (TPSA) is 56.6 Å². The van der Waals surface area contributed by atoms with Crippen LogP contribution in [-0.4, -0.2) is 54.6 Å². The van der Waals surface area contributed by atoms with Crippen molar-refractivity contribution in [3.05, 3.63) is 35.4 Å². The fourth-order valence-corrected chi connectivity index (χ4v) is 2.89. The summed E-state index contributed by atoms with van der Waals surface area (Å²) in [6.07, 6.45) is 0.110. The molecule has 1 aliphatic heterocycles. The molecule has 1 aliphatic rings. The van der Waals surface area contributed by atoms with E-state index >= 15 is 0 Å². The summed E-state index contributed by atoms with van der Waals surface area (Å²) in [7, 11) is 0. The van der Waals surface area contributed by atoms with Gasteiger partial charge in [0.2, 0.25) is 5.91 Å². The Balaban J connectivity index is 2.00. The van der Waals surface area contributed by atoms with Crippen LogP contribution in [0.1, 0.15) is 37.9 Å². The number of carbonyl (C=O) groups is 1. The van der Waals surface area contributed by atoms with Crippen molar-refractivity contribution in [1.29, 1.82) is 5.26 Å². The average Bonchev–Trinajstić information content (AvgIpc) is 2.59. The Labute approximate surface area is 138 Å². The average molecular weight is 315 g/mol. The van der Waals surface area contributed by atoms with E-state index in [-0.39, 0.29) is 18.1 Å². The number of nitriles is 1. The number of likely N-dealkylation sites (N-methyl/N-ethyl adjacent to an activating group) is 1. The van der Waals surface area contributed by atoms with Crippen molar-refractivity contribution in [2.24, 2.45) is 0 Å². The second kappa shape index (κ2) is 8.09. The summed E-state index contributed by atoms with van der Waals surface area (Å²) in [5, 5.41) is 8.89. The molecule has 2 unspecified atom stereocenters. The molecule has 5 nitrogen and oxygen atoms in total. The highest BCUT2D eigenvalue weighted by Crippen LogP contribution is 2.20. The normalized spacial score (nSPS) is 19.4. The highest BCUT2D eigenvalue weighted by atomic mass is 16.5. The lowest BCUT2D eigenvalue weighted by Gasteiger charge is -2.34. The van der Waals surface area contributed by atoms with Crippen LogP contribution in [0.4, 0.5) is 0 Å². The van der Waals surface area contributed by atoms with E-state index in [1.165, 1.54) is 0 Å². The van der Waals surface area contributed by atoms with Crippen LogP contribution in [0.2, 0.25) is 0 Å². The summed E-state index contributed by atoms with van der Waals surface area (Å²) in [5.41, 5.74) is 1.77. The molecule has 0 aliphatic carbocycles. The minimum absolute atomic E-state index is 0.110. The molecule has 5 heteroatoms. The first-order chi connectivity index (χ1) is 11.0. The maximum Gasteiger partial charge on any atom is 0.236 e. The van der Waals surface area contributed by atoms with Gasteiger partial charge in [0.1, 0.15) is 0 Å². The second-order valence-corrected chi connectivity index (χ2v) is 5.99. The number of hydrogen-bond donors (Lipinski definition) is 0. The number of ether oxygens (including phenoxy) is 1. The molecule has 0 aromatic heterocycles. The zero-order valence-corrected chi connectivity index (χ0v) is 14.2. The van der Waals surface area contributed by atoms with Crippen LogP contribution in [0.5, 0.6) is 0 Å². The number of benzene rings is 1. The maximum absolute atomic E-state index is 12.5. The van der Waals surface area contributed by atoms with Crippen LogP contribution < -0.4 is 0 Å². The van der Waals surface area contributed by atoms with Crippen LogP contribution in [0.3, 0.4) is 0 Å². The van der Waals surface area contributed by atoms with E-state index in [1.54, 1.807) is 0 Å². The lowest BCUT2D eigenvalue weighted by Crippen LogP contribution is -2.48. The summed E-state index contributed by atoms with van der Waals surface area (Å²) >= 11 is 0. The molecule has 1 saturated heterocycles. The van der Waals surface area contributed by atoms with Crippen molar-refractivity contribution in [2.45, 2.75) is 32.9 Å². The van der Waals surface area contributed by atoms with Crippen LogP contribution in [-0.2, 0) is 9.53 Å². The highest BCUT2D eigenvalue weighted by molar-refractivity contribution is 5.78. The highest BCUT2D eigenvalue weighted by Gasteiger charge is 2.24. The molecule has 1 aromatic carbocycles. The van der Waals surface area contributed by atoms with Gasteiger partial charge in [-0.15, -0.1) is 0 Å². The van der Waals surface area contributed by atoms with Gasteiger partial charge in [-0.05, 0) is 38.1 Å². The molecule has 1 heterocycles. The molecule has 0 saturated carbocycles. The zero-order valence-electron chi connectivity index (χ0n) is 14.2. The van der Waals surface area contributed by atoms with Gasteiger partial charge in [-0.25, -0.2) is 0 Å². The van der Waals surface area contributed by atoms with Crippen LogP contribution in [0.25, 0.3) is 0 Å². The Morgan fingerprint density at radius 3 is 2.74 bits per heavy atom. The third-order valence-corrected chi connectivity index (χ3v) is 4.41. The fraction of sp³-hybridized carbons (Fsp3) is 0.556. The van der Waals surface area contributed by atoms with Crippen molar-refractivity contribution in [1.82, 2.24) is 9.80 Å². The first-order valence-electron chi connectivity index (χ1n) is 8.18. The Morgan fingerprint density at radius 2 is 2.17 bits per heavy atom. The molecule has 23 heavy (non-hydrogen) atoms. The van der Waals surface area contributed by atoms with Gasteiger partial charge >= 0.3 is 0 Å². The zero-order chi connectivity index (χ0) is 16.8. The van der Waals surface area contributed by atoms with Crippen LogP contribution >= 0.6 is 0 Å². The Kier molecular flexibility index (Phi) is 6.14. The summed E-state index contributed by atoms with van der Waals surface area (Å²) < 4.78 is 5.49. The Bertz CT molecular complexity index is 565. The number of amides is 1. The fourth-order valence-electron chi connectivity index (χ4n) is 2.89. The molecule has 2 rings (SSSR count). The largest absolute Gasteiger partial charge is 0.375 e. The monoisotopic (exact) mass is 315 g/mol. The lowest BCUT2D eigenvalue weighted by molar-refractivity contribution is -0.139. The molecule has 0 N–H and O–H groups in total. The van der Waals surface area contributed by atoms with Gasteiger partial charge in [0.25, 0.3) is 0 Å². The standard InChI is InChI=1S/C18H25N3O2/c1-4-20(13-18(22)21-9-10-23-14(2)12-21)15(3)17-7-5-16(11-19)6-8-17/h5-8,14-15H,4,9-10,12-13H2,1-3H3.